The molecule has 1 aromatic heterocycles. The summed E-state index contributed by atoms with van der Waals surface area (Å²) in [6.07, 6.45) is 0. The Morgan fingerprint density at radius 2 is 2.20 bits per heavy atom. The van der Waals surface area contributed by atoms with Gasteiger partial charge in [0, 0.05) is 39.1 Å². The van der Waals surface area contributed by atoms with Crippen LogP contribution in [0.25, 0.3) is 0 Å². The molecule has 0 saturated heterocycles. The van der Waals surface area contributed by atoms with Gasteiger partial charge in [-0.1, -0.05) is 6.07 Å². The third kappa shape index (κ3) is 3.40. The molecule has 2 aromatic rings. The van der Waals surface area contributed by atoms with Crippen LogP contribution in [0.2, 0.25) is 0 Å². The van der Waals surface area contributed by atoms with Gasteiger partial charge < -0.3 is 10.2 Å². The Bertz CT molecular complexity index is 585. The van der Waals surface area contributed by atoms with Crippen LogP contribution >= 0.6 is 27.3 Å². The normalized spacial score (nSPS) is 12.4. The second-order valence-electron chi connectivity index (χ2n) is 4.77. The predicted octanol–water partition coefficient (Wildman–Crippen LogP) is 4.57. The van der Waals surface area contributed by atoms with E-state index in [0.29, 0.717) is 5.56 Å². The molecule has 5 heteroatoms. The van der Waals surface area contributed by atoms with Gasteiger partial charge in [-0.3, -0.25) is 0 Å². The van der Waals surface area contributed by atoms with Crippen LogP contribution in [-0.2, 0) is 6.54 Å². The molecule has 2 nitrogen and oxygen atoms in total. The molecule has 0 saturated carbocycles. The Hall–Kier alpha value is -0.910. The van der Waals surface area contributed by atoms with Crippen LogP contribution in [0.4, 0.5) is 10.1 Å². The van der Waals surface area contributed by atoms with Gasteiger partial charge in [-0.05, 0) is 48.1 Å². The number of halogens is 2. The molecule has 0 fully saturated rings. The third-order valence-corrected chi connectivity index (χ3v) is 5.00. The molecular formula is C15H18BrFN2S. The number of benzene rings is 1. The topological polar surface area (TPSA) is 15.3 Å². The summed E-state index contributed by atoms with van der Waals surface area (Å²) in [6, 6.07) is 7.32. The fourth-order valence-corrected chi connectivity index (χ4v) is 3.69. The molecule has 2 rings (SSSR count). The molecule has 20 heavy (non-hydrogen) atoms. The molecular weight excluding hydrogens is 339 g/mol. The highest BCUT2D eigenvalue weighted by atomic mass is 79.9. The summed E-state index contributed by atoms with van der Waals surface area (Å²) < 4.78 is 15.2. The first kappa shape index (κ1) is 15.5. The summed E-state index contributed by atoms with van der Waals surface area (Å²) in [4.78, 5) is 3.33. The standard InChI is InChI=1S/C15H18BrFN2S/c1-10(18-2)15-13(17)5-4-6-14(15)19(3)8-12-7-11(16)9-20-12/h4-7,9-10,18H,8H2,1-3H3. The van der Waals surface area contributed by atoms with Crippen LogP contribution in [0.3, 0.4) is 0 Å². The van der Waals surface area contributed by atoms with Crippen molar-refractivity contribution in [2.24, 2.45) is 0 Å². The van der Waals surface area contributed by atoms with Crippen LogP contribution < -0.4 is 10.2 Å². The van der Waals surface area contributed by atoms with Crippen LogP contribution in [0.15, 0.2) is 34.1 Å². The molecule has 1 aromatic carbocycles. The van der Waals surface area contributed by atoms with E-state index in [1.165, 1.54) is 10.9 Å². The number of rotatable bonds is 5. The van der Waals surface area contributed by atoms with Crippen LogP contribution in [0.5, 0.6) is 0 Å². The number of nitrogens with one attached hydrogen (secondary N) is 1. The fraction of sp³-hybridized carbons (Fsp3) is 0.333. The van der Waals surface area contributed by atoms with Crippen molar-refractivity contribution >= 4 is 33.0 Å². The third-order valence-electron chi connectivity index (χ3n) is 3.32. The number of anilines is 1. The lowest BCUT2D eigenvalue weighted by Crippen LogP contribution is -2.22. The fourth-order valence-electron chi connectivity index (χ4n) is 2.19. The van der Waals surface area contributed by atoms with E-state index >= 15 is 0 Å². The highest BCUT2D eigenvalue weighted by Gasteiger charge is 2.17. The molecule has 0 bridgehead atoms. The number of thiophene rings is 1. The average Bonchev–Trinajstić information content (AvgIpc) is 2.83. The molecule has 0 aliphatic heterocycles. The second-order valence-corrected chi connectivity index (χ2v) is 6.68. The molecule has 1 unspecified atom stereocenters. The number of hydrogen-bond donors (Lipinski definition) is 1. The zero-order valence-corrected chi connectivity index (χ0v) is 14.2. The zero-order chi connectivity index (χ0) is 14.7. The van der Waals surface area contributed by atoms with Gasteiger partial charge in [0.2, 0.25) is 0 Å². The Morgan fingerprint density at radius 3 is 2.80 bits per heavy atom. The van der Waals surface area contributed by atoms with E-state index in [1.807, 2.05) is 27.1 Å². The highest BCUT2D eigenvalue weighted by molar-refractivity contribution is 9.10. The van der Waals surface area contributed by atoms with Crippen LogP contribution in [0.1, 0.15) is 23.4 Å². The minimum absolute atomic E-state index is 0.0243. The van der Waals surface area contributed by atoms with Gasteiger partial charge in [-0.25, -0.2) is 4.39 Å². The van der Waals surface area contributed by atoms with Crippen molar-refractivity contribution in [1.29, 1.82) is 0 Å². The molecule has 1 heterocycles. The predicted molar refractivity (Wildman–Crippen MR) is 88.0 cm³/mol. The summed E-state index contributed by atoms with van der Waals surface area (Å²) in [5.41, 5.74) is 1.64. The van der Waals surface area contributed by atoms with Crippen molar-refractivity contribution in [1.82, 2.24) is 5.32 Å². The molecule has 1 atom stereocenters. The van der Waals surface area contributed by atoms with E-state index in [2.05, 4.69) is 37.6 Å². The molecule has 108 valence electrons. The zero-order valence-electron chi connectivity index (χ0n) is 11.8. The highest BCUT2D eigenvalue weighted by Crippen LogP contribution is 2.30. The first-order valence-electron chi connectivity index (χ1n) is 6.42. The van der Waals surface area contributed by atoms with E-state index in [-0.39, 0.29) is 11.9 Å². The van der Waals surface area contributed by atoms with Gasteiger partial charge in [0.15, 0.2) is 0 Å². The van der Waals surface area contributed by atoms with E-state index in [0.717, 1.165) is 16.7 Å². The van der Waals surface area contributed by atoms with Crippen LogP contribution in [-0.4, -0.2) is 14.1 Å². The molecule has 0 aliphatic rings. The van der Waals surface area contributed by atoms with Crippen molar-refractivity contribution in [2.45, 2.75) is 19.5 Å². The quantitative estimate of drug-likeness (QED) is 0.844. The van der Waals surface area contributed by atoms with Gasteiger partial charge in [-0.2, -0.15) is 0 Å². The Kier molecular flexibility index (Phi) is 5.18. The lowest BCUT2D eigenvalue weighted by Gasteiger charge is -2.25. The molecule has 0 aliphatic carbocycles. The summed E-state index contributed by atoms with van der Waals surface area (Å²) in [7, 11) is 3.84. The minimum Gasteiger partial charge on any atom is -0.369 e. The first-order chi connectivity index (χ1) is 9.52. The van der Waals surface area contributed by atoms with E-state index in [4.69, 9.17) is 0 Å². The summed E-state index contributed by atoms with van der Waals surface area (Å²) >= 11 is 5.16. The minimum atomic E-state index is -0.163. The van der Waals surface area contributed by atoms with Crippen LogP contribution in [0, 0.1) is 5.82 Å². The maximum atomic E-state index is 14.1. The van der Waals surface area contributed by atoms with Crippen molar-refractivity contribution in [3.63, 3.8) is 0 Å². The monoisotopic (exact) mass is 356 g/mol. The lowest BCUT2D eigenvalue weighted by molar-refractivity contribution is 0.561. The number of hydrogen-bond acceptors (Lipinski definition) is 3. The summed E-state index contributed by atoms with van der Waals surface area (Å²) in [5, 5.41) is 5.18. The van der Waals surface area contributed by atoms with Crippen molar-refractivity contribution < 1.29 is 4.39 Å². The largest absolute Gasteiger partial charge is 0.369 e. The maximum Gasteiger partial charge on any atom is 0.130 e. The van der Waals surface area contributed by atoms with E-state index < -0.39 is 0 Å². The second kappa shape index (κ2) is 6.70. The summed E-state index contributed by atoms with van der Waals surface area (Å²) in [5.74, 6) is -0.163. The maximum absolute atomic E-state index is 14.1. The average molecular weight is 357 g/mol. The Labute approximate surface area is 131 Å². The SMILES string of the molecule is CNC(C)c1c(F)cccc1N(C)Cc1cc(Br)cs1. The van der Waals surface area contributed by atoms with Gasteiger partial charge >= 0.3 is 0 Å². The Balaban J connectivity index is 2.29. The van der Waals surface area contributed by atoms with Crippen molar-refractivity contribution in [2.75, 3.05) is 19.0 Å². The van der Waals surface area contributed by atoms with Crippen molar-refractivity contribution in [3.8, 4) is 0 Å². The van der Waals surface area contributed by atoms with E-state index in [1.54, 1.807) is 17.4 Å². The van der Waals surface area contributed by atoms with Crippen molar-refractivity contribution in [3.05, 3.63) is 50.4 Å². The molecule has 0 amide bonds. The Morgan fingerprint density at radius 1 is 1.45 bits per heavy atom. The summed E-state index contributed by atoms with van der Waals surface area (Å²) in [6.45, 7) is 2.74. The van der Waals surface area contributed by atoms with Gasteiger partial charge in [0.05, 0.1) is 6.54 Å². The van der Waals surface area contributed by atoms with Gasteiger partial charge in [0.25, 0.3) is 0 Å². The van der Waals surface area contributed by atoms with E-state index in [9.17, 15) is 4.39 Å². The molecule has 0 radical (unpaired) electrons. The smallest absolute Gasteiger partial charge is 0.130 e. The number of nitrogens with zero attached hydrogens (tertiary/aromatic N) is 1. The van der Waals surface area contributed by atoms with Gasteiger partial charge in [-0.15, -0.1) is 11.3 Å². The first-order valence-corrected chi connectivity index (χ1v) is 8.10. The molecule has 0 spiro atoms. The molecule has 1 N–H and O–H groups in total. The van der Waals surface area contributed by atoms with Gasteiger partial charge in [0.1, 0.15) is 5.82 Å². The lowest BCUT2D eigenvalue weighted by atomic mass is 10.0.